The highest BCUT2D eigenvalue weighted by Crippen LogP contribution is 2.16. The first kappa shape index (κ1) is 16.9. The quantitative estimate of drug-likeness (QED) is 0.761. The number of carbonyl (C=O) groups is 2. The molecule has 0 atom stereocenters. The maximum atomic E-state index is 12.6. The number of methoxy groups -OCH3 is 1. The van der Waals surface area contributed by atoms with E-state index >= 15 is 0 Å². The molecule has 2 amide bonds. The zero-order valence-electron chi connectivity index (χ0n) is 13.2. The summed E-state index contributed by atoms with van der Waals surface area (Å²) in [5, 5.41) is 0. The van der Waals surface area contributed by atoms with Crippen molar-refractivity contribution in [2.75, 3.05) is 33.4 Å². The summed E-state index contributed by atoms with van der Waals surface area (Å²) in [4.78, 5) is 33.1. The van der Waals surface area contributed by atoms with E-state index in [9.17, 15) is 9.59 Å². The average Bonchev–Trinajstić information content (AvgIpc) is 2.91. The van der Waals surface area contributed by atoms with Crippen molar-refractivity contribution in [2.24, 2.45) is 0 Å². The second-order valence-corrected chi connectivity index (χ2v) is 6.38. The van der Waals surface area contributed by atoms with Crippen LogP contribution in [0.25, 0.3) is 0 Å². The van der Waals surface area contributed by atoms with Crippen LogP contribution in [0.2, 0.25) is 0 Å². The average molecular weight is 325 g/mol. The lowest BCUT2D eigenvalue weighted by Gasteiger charge is -2.29. The number of aryl methyl sites for hydroxylation is 1. The van der Waals surface area contributed by atoms with Crippen LogP contribution in [0.5, 0.6) is 0 Å². The fraction of sp³-hybridized carbons (Fsp3) is 0.667. The number of hydrogen-bond donors (Lipinski definition) is 0. The molecule has 122 valence electrons. The maximum Gasteiger partial charge on any atom is 0.242 e. The third-order valence-electron chi connectivity index (χ3n) is 3.84. The maximum absolute atomic E-state index is 12.6. The van der Waals surface area contributed by atoms with Crippen molar-refractivity contribution in [1.29, 1.82) is 0 Å². The van der Waals surface area contributed by atoms with Gasteiger partial charge < -0.3 is 14.5 Å². The first-order valence-electron chi connectivity index (χ1n) is 7.55. The van der Waals surface area contributed by atoms with Gasteiger partial charge in [-0.2, -0.15) is 0 Å². The smallest absolute Gasteiger partial charge is 0.242 e. The molecule has 6 nitrogen and oxygen atoms in total. The Kier molecular flexibility index (Phi) is 6.33. The Morgan fingerprint density at radius 3 is 2.95 bits per heavy atom. The molecule has 1 aliphatic rings. The van der Waals surface area contributed by atoms with Crippen LogP contribution in [0.4, 0.5) is 0 Å². The molecule has 0 bridgehead atoms. The van der Waals surface area contributed by atoms with E-state index in [1.54, 1.807) is 33.8 Å². The molecule has 0 aromatic carbocycles. The van der Waals surface area contributed by atoms with Gasteiger partial charge in [-0.05, 0) is 19.8 Å². The van der Waals surface area contributed by atoms with Gasteiger partial charge in [0, 0.05) is 31.5 Å². The molecular weight excluding hydrogens is 302 g/mol. The Morgan fingerprint density at radius 1 is 1.50 bits per heavy atom. The highest BCUT2D eigenvalue weighted by Gasteiger charge is 2.24. The SMILES string of the molecule is COCCN(Cc1scnc1C)C(=O)CN1CCCCC1=O. The van der Waals surface area contributed by atoms with Crippen LogP contribution in [0.1, 0.15) is 29.8 Å². The second-order valence-electron chi connectivity index (χ2n) is 5.44. The number of nitrogens with zero attached hydrogens (tertiary/aromatic N) is 3. The molecular formula is C15H23N3O3S. The fourth-order valence-corrected chi connectivity index (χ4v) is 3.23. The molecule has 1 aromatic rings. The zero-order chi connectivity index (χ0) is 15.9. The predicted molar refractivity (Wildman–Crippen MR) is 84.6 cm³/mol. The normalized spacial score (nSPS) is 15.2. The molecule has 7 heteroatoms. The molecule has 1 aromatic heterocycles. The van der Waals surface area contributed by atoms with E-state index in [1.807, 2.05) is 6.92 Å². The summed E-state index contributed by atoms with van der Waals surface area (Å²) in [5.74, 6) is 0.0559. The largest absolute Gasteiger partial charge is 0.383 e. The van der Waals surface area contributed by atoms with Gasteiger partial charge in [-0.25, -0.2) is 4.98 Å². The summed E-state index contributed by atoms with van der Waals surface area (Å²) in [6.45, 7) is 4.33. The summed E-state index contributed by atoms with van der Waals surface area (Å²) in [7, 11) is 1.62. The van der Waals surface area contributed by atoms with Gasteiger partial charge >= 0.3 is 0 Å². The summed E-state index contributed by atoms with van der Waals surface area (Å²) >= 11 is 1.55. The zero-order valence-corrected chi connectivity index (χ0v) is 14.0. The molecule has 0 N–H and O–H groups in total. The number of rotatable bonds is 7. The van der Waals surface area contributed by atoms with Gasteiger partial charge in [0.25, 0.3) is 0 Å². The molecule has 1 fully saturated rings. The van der Waals surface area contributed by atoms with Crippen molar-refractivity contribution < 1.29 is 14.3 Å². The molecule has 1 saturated heterocycles. The van der Waals surface area contributed by atoms with Crippen molar-refractivity contribution in [3.8, 4) is 0 Å². The number of carbonyl (C=O) groups excluding carboxylic acids is 2. The third-order valence-corrected chi connectivity index (χ3v) is 4.76. The lowest BCUT2D eigenvalue weighted by atomic mass is 10.1. The Bertz CT molecular complexity index is 518. The van der Waals surface area contributed by atoms with Crippen molar-refractivity contribution in [3.05, 3.63) is 16.1 Å². The Morgan fingerprint density at radius 2 is 2.32 bits per heavy atom. The number of ether oxygens (including phenoxy) is 1. The van der Waals surface area contributed by atoms with Crippen molar-refractivity contribution >= 4 is 23.2 Å². The lowest BCUT2D eigenvalue weighted by Crippen LogP contribution is -2.45. The van der Waals surface area contributed by atoms with Gasteiger partial charge in [-0.15, -0.1) is 11.3 Å². The lowest BCUT2D eigenvalue weighted by molar-refractivity contribution is -0.142. The topological polar surface area (TPSA) is 62.7 Å². The summed E-state index contributed by atoms with van der Waals surface area (Å²) in [6.07, 6.45) is 2.46. The minimum Gasteiger partial charge on any atom is -0.383 e. The van der Waals surface area contributed by atoms with Crippen LogP contribution >= 0.6 is 11.3 Å². The van der Waals surface area contributed by atoms with E-state index in [0.717, 1.165) is 23.4 Å². The first-order chi connectivity index (χ1) is 10.6. The summed E-state index contributed by atoms with van der Waals surface area (Å²) in [6, 6.07) is 0. The van der Waals surface area contributed by atoms with Crippen LogP contribution in [-0.2, 0) is 20.9 Å². The van der Waals surface area contributed by atoms with E-state index in [0.29, 0.717) is 32.7 Å². The molecule has 0 saturated carbocycles. The molecule has 0 aliphatic carbocycles. The number of hydrogen-bond acceptors (Lipinski definition) is 5. The van der Waals surface area contributed by atoms with E-state index in [2.05, 4.69) is 4.98 Å². The third kappa shape index (κ3) is 4.51. The Labute approximate surface area is 135 Å². The molecule has 22 heavy (non-hydrogen) atoms. The predicted octanol–water partition coefficient (Wildman–Crippen LogP) is 1.44. The molecule has 2 rings (SSSR count). The van der Waals surface area contributed by atoms with Gasteiger partial charge in [0.1, 0.15) is 0 Å². The van der Waals surface area contributed by atoms with Crippen LogP contribution in [0, 0.1) is 6.92 Å². The van der Waals surface area contributed by atoms with Crippen molar-refractivity contribution in [1.82, 2.24) is 14.8 Å². The van der Waals surface area contributed by atoms with E-state index in [-0.39, 0.29) is 18.4 Å². The monoisotopic (exact) mass is 325 g/mol. The number of thiazole rings is 1. The van der Waals surface area contributed by atoms with Crippen molar-refractivity contribution in [3.63, 3.8) is 0 Å². The number of piperidine rings is 1. The molecule has 0 spiro atoms. The summed E-state index contributed by atoms with van der Waals surface area (Å²) < 4.78 is 5.10. The molecule has 0 radical (unpaired) electrons. The van der Waals surface area contributed by atoms with Crippen LogP contribution in [0.3, 0.4) is 0 Å². The minimum atomic E-state index is -0.0277. The van der Waals surface area contributed by atoms with Crippen LogP contribution in [-0.4, -0.2) is 59.9 Å². The van der Waals surface area contributed by atoms with Crippen molar-refractivity contribution in [2.45, 2.75) is 32.7 Å². The number of aromatic nitrogens is 1. The van der Waals surface area contributed by atoms with E-state index < -0.39 is 0 Å². The second kappa shape index (κ2) is 8.24. The number of likely N-dealkylation sites (tertiary alicyclic amines) is 1. The molecule has 0 unspecified atom stereocenters. The van der Waals surface area contributed by atoms with E-state index in [1.165, 1.54) is 0 Å². The molecule has 2 heterocycles. The highest BCUT2D eigenvalue weighted by molar-refractivity contribution is 7.09. The highest BCUT2D eigenvalue weighted by atomic mass is 32.1. The standard InChI is InChI=1S/C15H23N3O3S/c1-12-13(22-11-16-12)9-18(7-8-21-2)15(20)10-17-6-4-3-5-14(17)19/h11H,3-10H2,1-2H3. The van der Waals surface area contributed by atoms with Crippen LogP contribution in [0.15, 0.2) is 5.51 Å². The Balaban J connectivity index is 1.99. The van der Waals surface area contributed by atoms with Gasteiger partial charge in [-0.1, -0.05) is 0 Å². The first-order valence-corrected chi connectivity index (χ1v) is 8.43. The minimum absolute atomic E-state index is 0.0277. The van der Waals surface area contributed by atoms with Gasteiger partial charge in [0.15, 0.2) is 0 Å². The van der Waals surface area contributed by atoms with Gasteiger partial charge in [0.2, 0.25) is 11.8 Å². The number of amides is 2. The van der Waals surface area contributed by atoms with Crippen LogP contribution < -0.4 is 0 Å². The molecule has 1 aliphatic heterocycles. The fourth-order valence-electron chi connectivity index (χ4n) is 2.44. The van der Waals surface area contributed by atoms with Gasteiger partial charge in [-0.3, -0.25) is 9.59 Å². The Hall–Kier alpha value is -1.47. The van der Waals surface area contributed by atoms with Gasteiger partial charge in [0.05, 0.1) is 30.9 Å². The summed E-state index contributed by atoms with van der Waals surface area (Å²) in [5.41, 5.74) is 2.74. The van der Waals surface area contributed by atoms with E-state index in [4.69, 9.17) is 4.74 Å².